The number of aryl methyl sites for hydroxylation is 2. The van der Waals surface area contributed by atoms with Crippen molar-refractivity contribution in [3.63, 3.8) is 0 Å². The summed E-state index contributed by atoms with van der Waals surface area (Å²) in [6.07, 6.45) is 1.00. The number of anilines is 2. The predicted octanol–water partition coefficient (Wildman–Crippen LogP) is 4.08. The number of hydrogen-bond donors (Lipinski definition) is 1. The third-order valence-corrected chi connectivity index (χ3v) is 7.32. The van der Waals surface area contributed by atoms with Gasteiger partial charge in [-0.05, 0) is 55.3 Å². The number of hydrogen-bond acceptors (Lipinski definition) is 4. The monoisotopic (exact) mass is 463 g/mol. The Morgan fingerprint density at radius 1 is 0.848 bits per heavy atom. The van der Waals surface area contributed by atoms with E-state index < -0.39 is 10.0 Å². The molecule has 0 radical (unpaired) electrons. The molecule has 0 aromatic heterocycles. The summed E-state index contributed by atoms with van der Waals surface area (Å²) in [6.45, 7) is 5.05. The molecular weight excluding hydrogens is 434 g/mol. The van der Waals surface area contributed by atoms with Crippen LogP contribution >= 0.6 is 0 Å². The highest BCUT2D eigenvalue weighted by molar-refractivity contribution is 7.92. The second-order valence-corrected chi connectivity index (χ2v) is 10.0. The van der Waals surface area contributed by atoms with Gasteiger partial charge in [-0.3, -0.25) is 9.52 Å². The lowest BCUT2D eigenvalue weighted by molar-refractivity contribution is -0.131. The number of rotatable bonds is 7. The van der Waals surface area contributed by atoms with Gasteiger partial charge in [0.2, 0.25) is 5.91 Å². The molecule has 1 amide bonds. The summed E-state index contributed by atoms with van der Waals surface area (Å²) >= 11 is 0. The normalized spacial score (nSPS) is 14.2. The molecule has 0 saturated carbocycles. The fraction of sp³-hybridized carbons (Fsp3) is 0.269. The van der Waals surface area contributed by atoms with Gasteiger partial charge in [0.15, 0.2) is 0 Å². The molecule has 3 aromatic carbocycles. The largest absolute Gasteiger partial charge is 0.368 e. The first kappa shape index (κ1) is 22.9. The van der Waals surface area contributed by atoms with Crippen LogP contribution in [0.5, 0.6) is 0 Å². The van der Waals surface area contributed by atoms with Crippen LogP contribution in [-0.4, -0.2) is 45.4 Å². The fourth-order valence-electron chi connectivity index (χ4n) is 3.93. The maximum atomic E-state index is 12.7. The molecule has 1 aliphatic heterocycles. The van der Waals surface area contributed by atoms with E-state index >= 15 is 0 Å². The van der Waals surface area contributed by atoms with E-state index in [0.29, 0.717) is 18.5 Å². The molecule has 6 nitrogen and oxygen atoms in total. The van der Waals surface area contributed by atoms with E-state index in [4.69, 9.17) is 0 Å². The van der Waals surface area contributed by atoms with Gasteiger partial charge in [-0.15, -0.1) is 0 Å². The molecule has 0 unspecified atom stereocenters. The minimum absolute atomic E-state index is 0.139. The van der Waals surface area contributed by atoms with Crippen LogP contribution in [-0.2, 0) is 21.2 Å². The number of piperazine rings is 1. The fourth-order valence-corrected chi connectivity index (χ4v) is 4.99. The molecule has 0 bridgehead atoms. The smallest absolute Gasteiger partial charge is 0.261 e. The van der Waals surface area contributed by atoms with Gasteiger partial charge < -0.3 is 9.80 Å². The number of carbonyl (C=O) groups is 1. The van der Waals surface area contributed by atoms with Crippen LogP contribution in [0.2, 0.25) is 0 Å². The first-order valence-electron chi connectivity index (χ1n) is 11.2. The van der Waals surface area contributed by atoms with Crippen molar-refractivity contribution in [3.05, 3.63) is 90.0 Å². The number of nitrogens with zero attached hydrogens (tertiary/aromatic N) is 2. The Morgan fingerprint density at radius 2 is 1.48 bits per heavy atom. The molecule has 7 heteroatoms. The summed E-state index contributed by atoms with van der Waals surface area (Å²) in [5.41, 5.74) is 3.73. The lowest BCUT2D eigenvalue weighted by atomic mass is 10.1. The van der Waals surface area contributed by atoms with Gasteiger partial charge in [-0.25, -0.2) is 8.42 Å². The van der Waals surface area contributed by atoms with E-state index in [9.17, 15) is 13.2 Å². The first-order chi connectivity index (χ1) is 15.9. The molecule has 1 aliphatic rings. The van der Waals surface area contributed by atoms with Crippen LogP contribution in [0.3, 0.4) is 0 Å². The van der Waals surface area contributed by atoms with Crippen molar-refractivity contribution in [3.8, 4) is 0 Å². The molecule has 1 N–H and O–H groups in total. The average Bonchev–Trinajstić information content (AvgIpc) is 2.85. The Bertz CT molecular complexity index is 1170. The van der Waals surface area contributed by atoms with Crippen LogP contribution in [0.25, 0.3) is 0 Å². The molecule has 0 atom stereocenters. The van der Waals surface area contributed by atoms with Crippen molar-refractivity contribution in [2.45, 2.75) is 24.7 Å². The Morgan fingerprint density at radius 3 is 2.12 bits per heavy atom. The minimum Gasteiger partial charge on any atom is -0.368 e. The Kier molecular flexibility index (Phi) is 6.99. The lowest BCUT2D eigenvalue weighted by Gasteiger charge is -2.36. The van der Waals surface area contributed by atoms with Crippen molar-refractivity contribution >= 4 is 27.3 Å². The van der Waals surface area contributed by atoms with Crippen molar-refractivity contribution in [1.82, 2.24) is 4.90 Å². The van der Waals surface area contributed by atoms with Crippen LogP contribution in [0.1, 0.15) is 17.5 Å². The standard InChI is InChI=1S/C26H29N3O3S/c1-21-7-12-23(13-8-21)27-33(31,32)25-14-9-22(10-15-25)11-16-26(30)29-19-17-28(18-20-29)24-5-3-2-4-6-24/h2-10,12-15,27H,11,16-20H2,1H3. The summed E-state index contributed by atoms with van der Waals surface area (Å²) in [5.74, 6) is 0.139. The van der Waals surface area contributed by atoms with Crippen molar-refractivity contribution in [2.24, 2.45) is 0 Å². The number of nitrogens with one attached hydrogen (secondary N) is 1. The molecule has 4 rings (SSSR count). The summed E-state index contributed by atoms with van der Waals surface area (Å²) in [4.78, 5) is 17.1. The van der Waals surface area contributed by atoms with E-state index in [2.05, 4.69) is 21.8 Å². The van der Waals surface area contributed by atoms with E-state index in [1.165, 1.54) is 5.69 Å². The molecule has 1 heterocycles. The first-order valence-corrected chi connectivity index (χ1v) is 12.7. The molecule has 33 heavy (non-hydrogen) atoms. The van der Waals surface area contributed by atoms with Gasteiger partial charge in [0, 0.05) is 44.0 Å². The third-order valence-electron chi connectivity index (χ3n) is 5.92. The van der Waals surface area contributed by atoms with Crippen LogP contribution in [0.4, 0.5) is 11.4 Å². The molecule has 1 saturated heterocycles. The number of amides is 1. The Balaban J connectivity index is 1.28. The van der Waals surface area contributed by atoms with Gasteiger partial charge in [0.1, 0.15) is 0 Å². The van der Waals surface area contributed by atoms with Crippen LogP contribution in [0.15, 0.2) is 83.8 Å². The lowest BCUT2D eigenvalue weighted by Crippen LogP contribution is -2.48. The number of carbonyl (C=O) groups excluding carboxylic acids is 1. The van der Waals surface area contributed by atoms with Gasteiger partial charge in [-0.1, -0.05) is 48.0 Å². The Hall–Kier alpha value is -3.32. The third kappa shape index (κ3) is 5.93. The molecule has 0 spiro atoms. The highest BCUT2D eigenvalue weighted by Crippen LogP contribution is 2.19. The molecular formula is C26H29N3O3S. The summed E-state index contributed by atoms with van der Waals surface area (Å²) in [7, 11) is -3.65. The summed E-state index contributed by atoms with van der Waals surface area (Å²) < 4.78 is 27.8. The van der Waals surface area contributed by atoms with Crippen molar-refractivity contribution < 1.29 is 13.2 Å². The minimum atomic E-state index is -3.65. The van der Waals surface area contributed by atoms with E-state index in [-0.39, 0.29) is 10.8 Å². The quantitative estimate of drug-likeness (QED) is 0.573. The topological polar surface area (TPSA) is 69.7 Å². The zero-order valence-corrected chi connectivity index (χ0v) is 19.6. The predicted molar refractivity (Wildman–Crippen MR) is 132 cm³/mol. The highest BCUT2D eigenvalue weighted by Gasteiger charge is 2.21. The highest BCUT2D eigenvalue weighted by atomic mass is 32.2. The summed E-state index contributed by atoms with van der Waals surface area (Å²) in [6, 6.07) is 24.2. The summed E-state index contributed by atoms with van der Waals surface area (Å²) in [5, 5.41) is 0. The van der Waals surface area contributed by atoms with Gasteiger partial charge >= 0.3 is 0 Å². The van der Waals surface area contributed by atoms with Gasteiger partial charge in [0.05, 0.1) is 4.90 Å². The molecule has 0 aliphatic carbocycles. The average molecular weight is 464 g/mol. The zero-order valence-electron chi connectivity index (χ0n) is 18.8. The number of benzene rings is 3. The second kappa shape index (κ2) is 10.1. The number of para-hydroxylation sites is 1. The zero-order chi connectivity index (χ0) is 23.3. The number of sulfonamides is 1. The molecule has 172 valence electrons. The van der Waals surface area contributed by atoms with E-state index in [1.807, 2.05) is 42.2 Å². The maximum absolute atomic E-state index is 12.7. The van der Waals surface area contributed by atoms with Gasteiger partial charge in [-0.2, -0.15) is 0 Å². The molecule has 1 fully saturated rings. The van der Waals surface area contributed by atoms with Crippen molar-refractivity contribution in [1.29, 1.82) is 0 Å². The maximum Gasteiger partial charge on any atom is 0.261 e. The van der Waals surface area contributed by atoms with E-state index in [0.717, 1.165) is 37.3 Å². The molecule has 3 aromatic rings. The second-order valence-electron chi connectivity index (χ2n) is 8.32. The Labute approximate surface area is 195 Å². The van der Waals surface area contributed by atoms with Crippen LogP contribution < -0.4 is 9.62 Å². The van der Waals surface area contributed by atoms with Crippen molar-refractivity contribution in [2.75, 3.05) is 35.8 Å². The van der Waals surface area contributed by atoms with Gasteiger partial charge in [0.25, 0.3) is 10.0 Å². The SMILES string of the molecule is Cc1ccc(NS(=O)(=O)c2ccc(CCC(=O)N3CCN(c4ccccc4)CC3)cc2)cc1. The van der Waals surface area contributed by atoms with E-state index in [1.54, 1.807) is 36.4 Å². The van der Waals surface area contributed by atoms with Crippen LogP contribution in [0, 0.1) is 6.92 Å².